The zero-order valence-electron chi connectivity index (χ0n) is 9.57. The molecular formula is C13H14ClNO2. The number of furan rings is 1. The summed E-state index contributed by atoms with van der Waals surface area (Å²) in [6.07, 6.45) is 0. The van der Waals surface area contributed by atoms with Crippen LogP contribution in [0.25, 0.3) is 0 Å². The summed E-state index contributed by atoms with van der Waals surface area (Å²) >= 11 is 5.79. The van der Waals surface area contributed by atoms with Crippen molar-refractivity contribution >= 4 is 11.6 Å². The zero-order chi connectivity index (χ0) is 12.3. The SMILES string of the molecule is Cc1oc(CN)cc1COc1ccc(Cl)cc1. The Kier molecular flexibility index (Phi) is 3.71. The van der Waals surface area contributed by atoms with Gasteiger partial charge in [0.1, 0.15) is 23.9 Å². The number of rotatable bonds is 4. The van der Waals surface area contributed by atoms with E-state index in [0.717, 1.165) is 22.8 Å². The van der Waals surface area contributed by atoms with Crippen molar-refractivity contribution in [3.05, 3.63) is 52.4 Å². The predicted octanol–water partition coefficient (Wildman–Crippen LogP) is 3.28. The standard InChI is InChI=1S/C13H14ClNO2/c1-9-10(6-13(7-15)17-9)8-16-12-4-2-11(14)3-5-12/h2-6H,7-8,15H2,1H3. The van der Waals surface area contributed by atoms with Crippen molar-refractivity contribution in [3.8, 4) is 5.75 Å². The van der Waals surface area contributed by atoms with Gasteiger partial charge in [0.25, 0.3) is 0 Å². The predicted molar refractivity (Wildman–Crippen MR) is 67.1 cm³/mol. The van der Waals surface area contributed by atoms with E-state index >= 15 is 0 Å². The second-order valence-electron chi connectivity index (χ2n) is 3.74. The number of benzene rings is 1. The van der Waals surface area contributed by atoms with Gasteiger partial charge in [0, 0.05) is 10.6 Å². The molecule has 0 unspecified atom stereocenters. The highest BCUT2D eigenvalue weighted by atomic mass is 35.5. The minimum Gasteiger partial charge on any atom is -0.489 e. The van der Waals surface area contributed by atoms with Crippen LogP contribution in [0.2, 0.25) is 5.02 Å². The Morgan fingerprint density at radius 2 is 2.00 bits per heavy atom. The van der Waals surface area contributed by atoms with E-state index in [1.54, 1.807) is 12.1 Å². The first-order valence-electron chi connectivity index (χ1n) is 5.35. The van der Waals surface area contributed by atoms with Gasteiger partial charge in [0.2, 0.25) is 0 Å². The molecule has 2 rings (SSSR count). The smallest absolute Gasteiger partial charge is 0.119 e. The Balaban J connectivity index is 2.01. The molecule has 0 atom stereocenters. The Hall–Kier alpha value is -1.45. The van der Waals surface area contributed by atoms with Crippen LogP contribution in [0, 0.1) is 6.92 Å². The fourth-order valence-electron chi connectivity index (χ4n) is 1.52. The molecule has 0 spiro atoms. The van der Waals surface area contributed by atoms with Gasteiger partial charge in [-0.05, 0) is 37.3 Å². The van der Waals surface area contributed by atoms with Gasteiger partial charge in [-0.3, -0.25) is 0 Å². The van der Waals surface area contributed by atoms with Crippen LogP contribution in [0.4, 0.5) is 0 Å². The fourth-order valence-corrected chi connectivity index (χ4v) is 1.65. The lowest BCUT2D eigenvalue weighted by Gasteiger charge is -2.04. The van der Waals surface area contributed by atoms with Crippen LogP contribution in [0.1, 0.15) is 17.1 Å². The number of ether oxygens (including phenoxy) is 1. The van der Waals surface area contributed by atoms with E-state index < -0.39 is 0 Å². The van der Waals surface area contributed by atoms with E-state index in [2.05, 4.69) is 0 Å². The summed E-state index contributed by atoms with van der Waals surface area (Å²) in [5.41, 5.74) is 6.52. The second-order valence-corrected chi connectivity index (χ2v) is 4.18. The fraction of sp³-hybridized carbons (Fsp3) is 0.231. The van der Waals surface area contributed by atoms with Gasteiger partial charge >= 0.3 is 0 Å². The second kappa shape index (κ2) is 5.25. The number of hydrogen-bond donors (Lipinski definition) is 1. The van der Waals surface area contributed by atoms with Crippen LogP contribution in [-0.4, -0.2) is 0 Å². The molecule has 3 nitrogen and oxygen atoms in total. The molecule has 4 heteroatoms. The van der Waals surface area contributed by atoms with Crippen LogP contribution >= 0.6 is 11.6 Å². The highest BCUT2D eigenvalue weighted by molar-refractivity contribution is 6.30. The lowest BCUT2D eigenvalue weighted by molar-refractivity contribution is 0.303. The van der Waals surface area contributed by atoms with E-state index in [1.807, 2.05) is 25.1 Å². The van der Waals surface area contributed by atoms with Crippen molar-refractivity contribution < 1.29 is 9.15 Å². The average molecular weight is 252 g/mol. The van der Waals surface area contributed by atoms with Crippen LogP contribution in [0.5, 0.6) is 5.75 Å². The third-order valence-electron chi connectivity index (χ3n) is 2.48. The molecule has 0 bridgehead atoms. The molecule has 2 N–H and O–H groups in total. The van der Waals surface area contributed by atoms with E-state index in [-0.39, 0.29) is 0 Å². The molecular weight excluding hydrogens is 238 g/mol. The lowest BCUT2D eigenvalue weighted by Crippen LogP contribution is -1.95. The molecule has 1 aromatic carbocycles. The van der Waals surface area contributed by atoms with Crippen LogP contribution in [0.3, 0.4) is 0 Å². The van der Waals surface area contributed by atoms with Crippen molar-refractivity contribution in [2.75, 3.05) is 0 Å². The maximum absolute atomic E-state index is 5.79. The quantitative estimate of drug-likeness (QED) is 0.907. The molecule has 0 aliphatic rings. The molecule has 0 amide bonds. The first-order chi connectivity index (χ1) is 8.19. The molecule has 1 aromatic heterocycles. The maximum atomic E-state index is 5.79. The zero-order valence-corrected chi connectivity index (χ0v) is 10.3. The number of halogens is 1. The Labute approximate surface area is 105 Å². The van der Waals surface area contributed by atoms with Crippen LogP contribution < -0.4 is 10.5 Å². The molecule has 1 heterocycles. The Morgan fingerprint density at radius 1 is 1.29 bits per heavy atom. The van der Waals surface area contributed by atoms with E-state index in [4.69, 9.17) is 26.5 Å². The summed E-state index contributed by atoms with van der Waals surface area (Å²) in [5, 5.41) is 0.697. The van der Waals surface area contributed by atoms with Crippen molar-refractivity contribution in [1.82, 2.24) is 0 Å². The van der Waals surface area contributed by atoms with Crippen molar-refractivity contribution in [3.63, 3.8) is 0 Å². The van der Waals surface area contributed by atoms with E-state index in [0.29, 0.717) is 18.2 Å². The number of hydrogen-bond acceptors (Lipinski definition) is 3. The molecule has 0 radical (unpaired) electrons. The van der Waals surface area contributed by atoms with Gasteiger partial charge in [0.15, 0.2) is 0 Å². The molecule has 0 aliphatic carbocycles. The summed E-state index contributed by atoms with van der Waals surface area (Å²) in [5.74, 6) is 2.40. The molecule has 90 valence electrons. The third-order valence-corrected chi connectivity index (χ3v) is 2.73. The monoisotopic (exact) mass is 251 g/mol. The van der Waals surface area contributed by atoms with Gasteiger partial charge < -0.3 is 14.9 Å². The van der Waals surface area contributed by atoms with Gasteiger partial charge in [-0.1, -0.05) is 11.6 Å². The third kappa shape index (κ3) is 3.02. The Bertz CT molecular complexity index is 491. The van der Waals surface area contributed by atoms with Crippen LogP contribution in [-0.2, 0) is 13.2 Å². The molecule has 0 saturated carbocycles. The minimum absolute atomic E-state index is 0.405. The molecule has 17 heavy (non-hydrogen) atoms. The first kappa shape index (κ1) is 12.0. The number of aryl methyl sites for hydroxylation is 1. The molecule has 2 aromatic rings. The van der Waals surface area contributed by atoms with Gasteiger partial charge in [-0.25, -0.2) is 0 Å². The van der Waals surface area contributed by atoms with Gasteiger partial charge in [-0.15, -0.1) is 0 Å². The van der Waals surface area contributed by atoms with Crippen molar-refractivity contribution in [2.45, 2.75) is 20.1 Å². The largest absolute Gasteiger partial charge is 0.489 e. The average Bonchev–Trinajstić information content (AvgIpc) is 2.69. The molecule has 0 saturated heterocycles. The van der Waals surface area contributed by atoms with Gasteiger partial charge in [0.05, 0.1) is 6.54 Å². The summed E-state index contributed by atoms with van der Waals surface area (Å²) in [6.45, 7) is 2.78. The van der Waals surface area contributed by atoms with Crippen molar-refractivity contribution in [1.29, 1.82) is 0 Å². The first-order valence-corrected chi connectivity index (χ1v) is 5.73. The topological polar surface area (TPSA) is 48.4 Å². The summed E-state index contributed by atoms with van der Waals surface area (Å²) in [6, 6.07) is 9.18. The maximum Gasteiger partial charge on any atom is 0.119 e. The number of nitrogens with two attached hydrogens (primary N) is 1. The minimum atomic E-state index is 0.405. The van der Waals surface area contributed by atoms with Crippen molar-refractivity contribution in [2.24, 2.45) is 5.73 Å². The van der Waals surface area contributed by atoms with Gasteiger partial charge in [-0.2, -0.15) is 0 Å². The normalized spacial score (nSPS) is 10.5. The summed E-state index contributed by atoms with van der Waals surface area (Å²) in [4.78, 5) is 0. The molecule has 0 aliphatic heterocycles. The highest BCUT2D eigenvalue weighted by Gasteiger charge is 2.06. The summed E-state index contributed by atoms with van der Waals surface area (Å²) in [7, 11) is 0. The molecule has 0 fully saturated rings. The Morgan fingerprint density at radius 3 is 2.59 bits per heavy atom. The summed E-state index contributed by atoms with van der Waals surface area (Å²) < 4.78 is 11.1. The van der Waals surface area contributed by atoms with E-state index in [9.17, 15) is 0 Å². The van der Waals surface area contributed by atoms with E-state index in [1.165, 1.54) is 0 Å². The highest BCUT2D eigenvalue weighted by Crippen LogP contribution is 2.19. The lowest BCUT2D eigenvalue weighted by atomic mass is 10.2. The van der Waals surface area contributed by atoms with Crippen LogP contribution in [0.15, 0.2) is 34.7 Å².